The second kappa shape index (κ2) is 5.30. The lowest BCUT2D eigenvalue weighted by Crippen LogP contribution is -2.49. The molecule has 1 aliphatic rings. The van der Waals surface area contributed by atoms with E-state index in [0.717, 1.165) is 25.9 Å². The van der Waals surface area contributed by atoms with Crippen molar-refractivity contribution in [1.82, 2.24) is 10.2 Å². The minimum absolute atomic E-state index is 0.118. The third-order valence-electron chi connectivity index (χ3n) is 2.67. The van der Waals surface area contributed by atoms with Crippen LogP contribution in [-0.4, -0.2) is 41.9 Å². The summed E-state index contributed by atoms with van der Waals surface area (Å²) in [5.41, 5.74) is 4.73. The van der Waals surface area contributed by atoms with Gasteiger partial charge in [0.1, 0.15) is 0 Å². The molecule has 0 unspecified atom stereocenters. The second-order valence-corrected chi connectivity index (χ2v) is 4.82. The predicted octanol–water partition coefficient (Wildman–Crippen LogP) is -0.148. The van der Waals surface area contributed by atoms with Gasteiger partial charge in [-0.05, 0) is 26.7 Å². The van der Waals surface area contributed by atoms with Crippen molar-refractivity contribution in [2.45, 2.75) is 38.6 Å². The van der Waals surface area contributed by atoms with Gasteiger partial charge in [-0.2, -0.15) is 0 Å². The molecule has 5 nitrogen and oxygen atoms in total. The van der Waals surface area contributed by atoms with E-state index in [1.54, 1.807) is 13.8 Å². The highest BCUT2D eigenvalue weighted by Gasteiger charge is 2.22. The Labute approximate surface area is 96.4 Å². The van der Waals surface area contributed by atoms with E-state index >= 15 is 0 Å². The van der Waals surface area contributed by atoms with Crippen molar-refractivity contribution in [2.24, 2.45) is 5.73 Å². The zero-order chi connectivity index (χ0) is 12.2. The van der Waals surface area contributed by atoms with Crippen LogP contribution in [-0.2, 0) is 9.59 Å². The summed E-state index contributed by atoms with van der Waals surface area (Å²) in [4.78, 5) is 24.9. The Balaban J connectivity index is 2.20. The molecule has 3 N–H and O–H groups in total. The van der Waals surface area contributed by atoms with Gasteiger partial charge in [0.05, 0.1) is 5.54 Å². The van der Waals surface area contributed by atoms with Gasteiger partial charge in [-0.3, -0.25) is 9.59 Å². The third-order valence-corrected chi connectivity index (χ3v) is 2.67. The number of nitrogens with one attached hydrogen (secondary N) is 1. The number of hydrogen-bond donors (Lipinski definition) is 2. The molecule has 0 aromatic carbocycles. The fraction of sp³-hybridized carbons (Fsp3) is 0.818. The van der Waals surface area contributed by atoms with Crippen molar-refractivity contribution in [1.29, 1.82) is 0 Å². The number of amides is 2. The molecule has 2 amide bonds. The van der Waals surface area contributed by atoms with E-state index in [0.29, 0.717) is 13.0 Å². The van der Waals surface area contributed by atoms with Gasteiger partial charge in [0.25, 0.3) is 0 Å². The van der Waals surface area contributed by atoms with Crippen LogP contribution < -0.4 is 11.1 Å². The monoisotopic (exact) mass is 227 g/mol. The quantitative estimate of drug-likeness (QED) is 0.701. The molecule has 0 saturated carbocycles. The highest BCUT2D eigenvalue weighted by atomic mass is 16.2. The SMILES string of the molecule is CC(C)(N)C(=O)NCCC(=O)N1CCCC1. The maximum atomic E-state index is 11.6. The Bertz CT molecular complexity index is 265. The van der Waals surface area contributed by atoms with Gasteiger partial charge < -0.3 is 16.0 Å². The highest BCUT2D eigenvalue weighted by molar-refractivity contribution is 5.85. The molecule has 1 rings (SSSR count). The number of carbonyl (C=O) groups excluding carboxylic acids is 2. The normalized spacial score (nSPS) is 16.3. The van der Waals surface area contributed by atoms with E-state index in [1.807, 2.05) is 4.90 Å². The lowest BCUT2D eigenvalue weighted by atomic mass is 10.1. The lowest BCUT2D eigenvalue weighted by Gasteiger charge is -2.19. The molecule has 1 aliphatic heterocycles. The van der Waals surface area contributed by atoms with Crippen LogP contribution in [0.5, 0.6) is 0 Å². The molecule has 1 heterocycles. The zero-order valence-corrected chi connectivity index (χ0v) is 10.1. The lowest BCUT2D eigenvalue weighted by molar-refractivity contribution is -0.130. The summed E-state index contributed by atoms with van der Waals surface area (Å²) in [5, 5.41) is 2.67. The Morgan fingerprint density at radius 2 is 1.88 bits per heavy atom. The molecule has 5 heteroatoms. The first kappa shape index (κ1) is 13.0. The summed E-state index contributed by atoms with van der Waals surface area (Å²) < 4.78 is 0. The standard InChI is InChI=1S/C11H21N3O2/c1-11(2,12)10(16)13-6-5-9(15)14-7-3-4-8-14/h3-8,12H2,1-2H3,(H,13,16). The molecule has 0 aromatic heterocycles. The van der Waals surface area contributed by atoms with E-state index < -0.39 is 5.54 Å². The highest BCUT2D eigenvalue weighted by Crippen LogP contribution is 2.08. The number of carbonyl (C=O) groups is 2. The summed E-state index contributed by atoms with van der Waals surface area (Å²) in [6.07, 6.45) is 2.55. The fourth-order valence-corrected chi connectivity index (χ4v) is 1.64. The summed E-state index contributed by atoms with van der Waals surface area (Å²) in [6, 6.07) is 0. The van der Waals surface area contributed by atoms with Crippen LogP contribution >= 0.6 is 0 Å². The van der Waals surface area contributed by atoms with Crippen molar-refractivity contribution in [3.05, 3.63) is 0 Å². The predicted molar refractivity (Wildman–Crippen MR) is 61.7 cm³/mol. The van der Waals surface area contributed by atoms with Gasteiger partial charge in [-0.15, -0.1) is 0 Å². The largest absolute Gasteiger partial charge is 0.354 e. The molecule has 0 radical (unpaired) electrons. The van der Waals surface area contributed by atoms with Crippen LogP contribution in [0.1, 0.15) is 33.1 Å². The number of rotatable bonds is 4. The molecule has 92 valence electrons. The first-order valence-electron chi connectivity index (χ1n) is 5.76. The smallest absolute Gasteiger partial charge is 0.239 e. The van der Waals surface area contributed by atoms with E-state index in [1.165, 1.54) is 0 Å². The molecular formula is C11H21N3O2. The van der Waals surface area contributed by atoms with Gasteiger partial charge in [-0.25, -0.2) is 0 Å². The summed E-state index contributed by atoms with van der Waals surface area (Å²) in [5.74, 6) is -0.102. The minimum atomic E-state index is -0.878. The molecule has 0 spiro atoms. The molecule has 0 aliphatic carbocycles. The van der Waals surface area contributed by atoms with E-state index in [2.05, 4.69) is 5.32 Å². The maximum Gasteiger partial charge on any atom is 0.239 e. The number of likely N-dealkylation sites (tertiary alicyclic amines) is 1. The molecule has 16 heavy (non-hydrogen) atoms. The molecule has 1 fully saturated rings. The Hall–Kier alpha value is -1.10. The average molecular weight is 227 g/mol. The second-order valence-electron chi connectivity index (χ2n) is 4.82. The maximum absolute atomic E-state index is 11.6. The number of nitrogens with zero attached hydrogens (tertiary/aromatic N) is 1. The van der Waals surface area contributed by atoms with Crippen molar-refractivity contribution in [3.8, 4) is 0 Å². The molecule has 0 aromatic rings. The van der Waals surface area contributed by atoms with Gasteiger partial charge in [-0.1, -0.05) is 0 Å². The third kappa shape index (κ3) is 3.81. The Morgan fingerprint density at radius 3 is 2.38 bits per heavy atom. The van der Waals surface area contributed by atoms with Crippen molar-refractivity contribution >= 4 is 11.8 Å². The number of nitrogens with two attached hydrogens (primary N) is 1. The Kier molecular flexibility index (Phi) is 4.29. The summed E-state index contributed by atoms with van der Waals surface area (Å²) in [7, 11) is 0. The van der Waals surface area contributed by atoms with E-state index in [9.17, 15) is 9.59 Å². The van der Waals surface area contributed by atoms with Gasteiger partial charge >= 0.3 is 0 Å². The van der Waals surface area contributed by atoms with Crippen molar-refractivity contribution < 1.29 is 9.59 Å². The van der Waals surface area contributed by atoms with Crippen LogP contribution in [0.15, 0.2) is 0 Å². The minimum Gasteiger partial charge on any atom is -0.354 e. The van der Waals surface area contributed by atoms with E-state index in [4.69, 9.17) is 5.73 Å². The van der Waals surface area contributed by atoms with Crippen LogP contribution in [0.25, 0.3) is 0 Å². The number of hydrogen-bond acceptors (Lipinski definition) is 3. The molecule has 0 bridgehead atoms. The van der Waals surface area contributed by atoms with Gasteiger partial charge in [0.15, 0.2) is 0 Å². The van der Waals surface area contributed by atoms with Crippen molar-refractivity contribution in [2.75, 3.05) is 19.6 Å². The first-order valence-corrected chi connectivity index (χ1v) is 5.76. The summed E-state index contributed by atoms with van der Waals surface area (Å²) >= 11 is 0. The fourth-order valence-electron chi connectivity index (χ4n) is 1.64. The summed E-state index contributed by atoms with van der Waals surface area (Å²) in [6.45, 7) is 5.37. The van der Waals surface area contributed by atoms with E-state index in [-0.39, 0.29) is 11.8 Å². The Morgan fingerprint density at radius 1 is 1.31 bits per heavy atom. The van der Waals surface area contributed by atoms with Gasteiger partial charge in [0.2, 0.25) is 11.8 Å². The molecular weight excluding hydrogens is 206 g/mol. The van der Waals surface area contributed by atoms with Crippen molar-refractivity contribution in [3.63, 3.8) is 0 Å². The van der Waals surface area contributed by atoms with Gasteiger partial charge in [0, 0.05) is 26.1 Å². The van der Waals surface area contributed by atoms with Crippen LogP contribution in [0, 0.1) is 0 Å². The van der Waals surface area contributed by atoms with Crippen LogP contribution in [0.2, 0.25) is 0 Å². The zero-order valence-electron chi connectivity index (χ0n) is 10.1. The van der Waals surface area contributed by atoms with Crippen LogP contribution in [0.4, 0.5) is 0 Å². The molecule has 1 saturated heterocycles. The molecule has 0 atom stereocenters. The first-order chi connectivity index (χ1) is 7.41. The topological polar surface area (TPSA) is 75.4 Å². The average Bonchev–Trinajstić information content (AvgIpc) is 2.68. The van der Waals surface area contributed by atoms with Crippen LogP contribution in [0.3, 0.4) is 0 Å².